The first kappa shape index (κ1) is 22.1. The van der Waals surface area contributed by atoms with E-state index in [1.165, 1.54) is 18.2 Å². The standard InChI is InChI=1S/C22H29NO4S/c1-4-26-21(24)19(23(2)3)15-16-20(28-18-13-9-6-10-14-18)22(25)27-17-11-7-5-8-12-17/h6,9-10,13-17H,4-5,7-8,11-12H2,1-3H3. The fraction of sp³-hybridized carbons (Fsp3) is 0.455. The van der Waals surface area contributed by atoms with Gasteiger partial charge >= 0.3 is 11.9 Å². The molecule has 0 saturated heterocycles. The maximum Gasteiger partial charge on any atom is 0.354 e. The lowest BCUT2D eigenvalue weighted by molar-refractivity contribution is -0.145. The summed E-state index contributed by atoms with van der Waals surface area (Å²) in [6.07, 6.45) is 8.45. The molecule has 0 atom stereocenters. The molecule has 0 aromatic heterocycles. The first-order chi connectivity index (χ1) is 13.5. The average molecular weight is 404 g/mol. The molecule has 5 nitrogen and oxygen atoms in total. The molecule has 1 aliphatic carbocycles. The van der Waals surface area contributed by atoms with Crippen LogP contribution in [-0.4, -0.2) is 43.6 Å². The van der Waals surface area contributed by atoms with Gasteiger partial charge in [-0.05, 0) is 56.9 Å². The van der Waals surface area contributed by atoms with Crippen LogP contribution < -0.4 is 0 Å². The molecule has 0 aliphatic heterocycles. The van der Waals surface area contributed by atoms with Gasteiger partial charge in [0.05, 0.1) is 11.5 Å². The number of rotatable bonds is 8. The number of hydrogen-bond donors (Lipinski definition) is 0. The van der Waals surface area contributed by atoms with Gasteiger partial charge in [-0.25, -0.2) is 9.59 Å². The van der Waals surface area contributed by atoms with Crippen LogP contribution in [0.25, 0.3) is 0 Å². The minimum atomic E-state index is -0.423. The highest BCUT2D eigenvalue weighted by Crippen LogP contribution is 2.29. The molecule has 0 radical (unpaired) electrons. The molecule has 0 amide bonds. The molecule has 0 spiro atoms. The van der Waals surface area contributed by atoms with Crippen molar-refractivity contribution in [2.24, 2.45) is 0 Å². The van der Waals surface area contributed by atoms with Crippen molar-refractivity contribution in [3.05, 3.63) is 53.1 Å². The predicted octanol–water partition coefficient (Wildman–Crippen LogP) is 4.55. The van der Waals surface area contributed by atoms with E-state index in [0.717, 1.165) is 30.6 Å². The van der Waals surface area contributed by atoms with E-state index >= 15 is 0 Å². The number of ether oxygens (including phenoxy) is 2. The van der Waals surface area contributed by atoms with Crippen LogP contribution in [0.4, 0.5) is 0 Å². The Kier molecular flexibility index (Phi) is 9.14. The smallest absolute Gasteiger partial charge is 0.354 e. The number of allylic oxidation sites excluding steroid dienone is 2. The van der Waals surface area contributed by atoms with Crippen molar-refractivity contribution in [3.63, 3.8) is 0 Å². The Bertz CT molecular complexity index is 707. The van der Waals surface area contributed by atoms with Gasteiger partial charge in [-0.15, -0.1) is 0 Å². The molecule has 28 heavy (non-hydrogen) atoms. The molecule has 152 valence electrons. The zero-order valence-corrected chi connectivity index (χ0v) is 17.7. The van der Waals surface area contributed by atoms with Crippen molar-refractivity contribution in [2.45, 2.75) is 50.0 Å². The van der Waals surface area contributed by atoms with Gasteiger partial charge in [0.2, 0.25) is 0 Å². The molecule has 2 rings (SSSR count). The monoisotopic (exact) mass is 403 g/mol. The van der Waals surface area contributed by atoms with E-state index in [0.29, 0.717) is 17.2 Å². The normalized spacial score (nSPS) is 15.8. The Labute approximate surface area is 171 Å². The zero-order valence-electron chi connectivity index (χ0n) is 16.8. The summed E-state index contributed by atoms with van der Waals surface area (Å²) in [4.78, 5) is 28.0. The number of likely N-dealkylation sites (N-methyl/N-ethyl adjacent to an activating group) is 1. The maximum absolute atomic E-state index is 12.8. The Morgan fingerprint density at radius 1 is 1.07 bits per heavy atom. The second kappa shape index (κ2) is 11.6. The van der Waals surface area contributed by atoms with Crippen LogP contribution in [0.15, 0.2) is 58.0 Å². The third-order valence-electron chi connectivity index (χ3n) is 4.36. The van der Waals surface area contributed by atoms with E-state index < -0.39 is 5.97 Å². The van der Waals surface area contributed by atoms with Gasteiger partial charge in [0, 0.05) is 19.0 Å². The van der Waals surface area contributed by atoms with Crippen LogP contribution in [0, 0.1) is 0 Å². The minimum Gasteiger partial charge on any atom is -0.461 e. The number of carbonyl (C=O) groups excluding carboxylic acids is 2. The molecule has 1 aliphatic rings. The van der Waals surface area contributed by atoms with E-state index in [4.69, 9.17) is 9.47 Å². The van der Waals surface area contributed by atoms with E-state index in [1.54, 1.807) is 38.1 Å². The van der Waals surface area contributed by atoms with E-state index in [2.05, 4.69) is 0 Å². The van der Waals surface area contributed by atoms with Crippen LogP contribution in [-0.2, 0) is 19.1 Å². The summed E-state index contributed by atoms with van der Waals surface area (Å²) < 4.78 is 10.8. The number of thioether (sulfide) groups is 1. The average Bonchev–Trinajstić information content (AvgIpc) is 2.68. The molecule has 1 fully saturated rings. The van der Waals surface area contributed by atoms with Crippen molar-refractivity contribution in [1.29, 1.82) is 0 Å². The Morgan fingerprint density at radius 2 is 1.75 bits per heavy atom. The molecule has 6 heteroatoms. The number of benzene rings is 1. The lowest BCUT2D eigenvalue weighted by atomic mass is 9.98. The van der Waals surface area contributed by atoms with E-state index in [-0.39, 0.29) is 12.1 Å². The third kappa shape index (κ3) is 7.08. The topological polar surface area (TPSA) is 55.8 Å². The first-order valence-electron chi connectivity index (χ1n) is 9.71. The van der Waals surface area contributed by atoms with E-state index in [1.807, 2.05) is 30.3 Å². The summed E-state index contributed by atoms with van der Waals surface area (Å²) in [6, 6.07) is 9.65. The van der Waals surface area contributed by atoms with Crippen molar-refractivity contribution in [3.8, 4) is 0 Å². The summed E-state index contributed by atoms with van der Waals surface area (Å²) in [5, 5.41) is 0. The van der Waals surface area contributed by atoms with Crippen LogP contribution in [0.5, 0.6) is 0 Å². The SMILES string of the molecule is CCOC(=O)C(=CC=C(Sc1ccccc1)C(=O)OC1CCCCC1)N(C)C. The summed E-state index contributed by atoms with van der Waals surface area (Å²) in [7, 11) is 3.53. The Morgan fingerprint density at radius 3 is 2.36 bits per heavy atom. The van der Waals surface area contributed by atoms with Crippen molar-refractivity contribution in [2.75, 3.05) is 20.7 Å². The largest absolute Gasteiger partial charge is 0.461 e. The van der Waals surface area contributed by atoms with Crippen LogP contribution >= 0.6 is 11.8 Å². The van der Waals surface area contributed by atoms with Gasteiger partial charge in [-0.2, -0.15) is 0 Å². The Balaban J connectivity index is 2.24. The van der Waals surface area contributed by atoms with Crippen LogP contribution in [0.2, 0.25) is 0 Å². The number of esters is 2. The van der Waals surface area contributed by atoms with Gasteiger partial charge in [0.1, 0.15) is 11.8 Å². The molecule has 1 aromatic carbocycles. The molecular formula is C22H29NO4S. The van der Waals surface area contributed by atoms with Crippen molar-refractivity contribution >= 4 is 23.7 Å². The zero-order chi connectivity index (χ0) is 20.4. The first-order valence-corrected chi connectivity index (χ1v) is 10.5. The molecule has 0 unspecified atom stereocenters. The maximum atomic E-state index is 12.8. The van der Waals surface area contributed by atoms with Crippen LogP contribution in [0.1, 0.15) is 39.0 Å². The van der Waals surface area contributed by atoms with E-state index in [9.17, 15) is 9.59 Å². The van der Waals surface area contributed by atoms with Crippen LogP contribution in [0.3, 0.4) is 0 Å². The van der Waals surface area contributed by atoms with Gasteiger partial charge in [-0.3, -0.25) is 0 Å². The van der Waals surface area contributed by atoms with Gasteiger partial charge in [0.15, 0.2) is 0 Å². The third-order valence-corrected chi connectivity index (χ3v) is 5.39. The van der Waals surface area contributed by atoms with Gasteiger partial charge in [-0.1, -0.05) is 36.4 Å². The second-order valence-corrected chi connectivity index (χ2v) is 7.89. The molecule has 0 bridgehead atoms. The molecule has 1 saturated carbocycles. The number of carbonyl (C=O) groups is 2. The van der Waals surface area contributed by atoms with Crippen molar-refractivity contribution in [1.82, 2.24) is 4.90 Å². The fourth-order valence-corrected chi connectivity index (χ4v) is 3.73. The lowest BCUT2D eigenvalue weighted by Gasteiger charge is -2.22. The summed E-state index contributed by atoms with van der Waals surface area (Å²) in [5.74, 6) is -0.771. The second-order valence-electron chi connectivity index (χ2n) is 6.78. The molecular weight excluding hydrogens is 374 g/mol. The molecule has 1 aromatic rings. The van der Waals surface area contributed by atoms with Crippen molar-refractivity contribution < 1.29 is 19.1 Å². The fourth-order valence-electron chi connectivity index (χ4n) is 2.91. The lowest BCUT2D eigenvalue weighted by Crippen LogP contribution is -2.22. The number of nitrogens with zero attached hydrogens (tertiary/aromatic N) is 1. The summed E-state index contributed by atoms with van der Waals surface area (Å²) >= 11 is 1.34. The highest BCUT2D eigenvalue weighted by molar-refractivity contribution is 8.04. The summed E-state index contributed by atoms with van der Waals surface area (Å²) in [5.41, 5.74) is 0.374. The van der Waals surface area contributed by atoms with Gasteiger partial charge < -0.3 is 14.4 Å². The quantitative estimate of drug-likeness (QED) is 0.275. The highest BCUT2D eigenvalue weighted by atomic mass is 32.2. The highest BCUT2D eigenvalue weighted by Gasteiger charge is 2.21. The summed E-state index contributed by atoms with van der Waals surface area (Å²) in [6.45, 7) is 2.06. The molecule has 0 heterocycles. The predicted molar refractivity (Wildman–Crippen MR) is 112 cm³/mol. The van der Waals surface area contributed by atoms with Gasteiger partial charge in [0.25, 0.3) is 0 Å². The minimum absolute atomic E-state index is 0.0246. The Hall–Kier alpha value is -2.21. The number of hydrogen-bond acceptors (Lipinski definition) is 6. The molecule has 0 N–H and O–H groups in total.